The van der Waals surface area contributed by atoms with Crippen molar-refractivity contribution >= 4 is 29.2 Å². The normalized spacial score (nSPS) is 10.0. The van der Waals surface area contributed by atoms with Gasteiger partial charge in [0.25, 0.3) is 0 Å². The molecule has 0 unspecified atom stereocenters. The summed E-state index contributed by atoms with van der Waals surface area (Å²) in [5.41, 5.74) is 1.40. The first-order valence-corrected chi connectivity index (χ1v) is 6.73. The molecule has 0 aliphatic rings. The van der Waals surface area contributed by atoms with Crippen molar-refractivity contribution < 1.29 is 14.3 Å². The van der Waals surface area contributed by atoms with Crippen LogP contribution < -0.4 is 10.1 Å². The third kappa shape index (κ3) is 4.93. The predicted octanol–water partition coefficient (Wildman–Crippen LogP) is 3.45. The lowest BCUT2D eigenvalue weighted by Gasteiger charge is -2.07. The Morgan fingerprint density at radius 2 is 1.86 bits per heavy atom. The fraction of sp³-hybridized carbons (Fsp3) is 0.125. The molecular formula is C16H14ClNO3. The van der Waals surface area contributed by atoms with Gasteiger partial charge in [-0.2, -0.15) is 0 Å². The van der Waals surface area contributed by atoms with Gasteiger partial charge in [-0.3, -0.25) is 9.59 Å². The van der Waals surface area contributed by atoms with Gasteiger partial charge in [-0.05, 0) is 29.8 Å². The molecule has 0 saturated heterocycles. The van der Waals surface area contributed by atoms with Gasteiger partial charge in [-0.15, -0.1) is 0 Å². The van der Waals surface area contributed by atoms with Crippen LogP contribution in [-0.2, 0) is 16.0 Å². The third-order valence-corrected chi connectivity index (χ3v) is 2.90. The zero-order valence-electron chi connectivity index (χ0n) is 11.4. The van der Waals surface area contributed by atoms with Crippen LogP contribution in [0.4, 0.5) is 5.69 Å². The SMILES string of the molecule is CC(=O)Nc1cccc(OC(=O)Cc2ccc(Cl)cc2)c1. The van der Waals surface area contributed by atoms with Gasteiger partial charge in [0.15, 0.2) is 0 Å². The number of carbonyl (C=O) groups is 2. The van der Waals surface area contributed by atoms with Crippen LogP contribution >= 0.6 is 11.6 Å². The summed E-state index contributed by atoms with van der Waals surface area (Å²) in [5, 5.41) is 3.25. The zero-order chi connectivity index (χ0) is 15.2. The maximum Gasteiger partial charge on any atom is 0.315 e. The molecule has 0 bridgehead atoms. The zero-order valence-corrected chi connectivity index (χ0v) is 12.2. The van der Waals surface area contributed by atoms with Crippen molar-refractivity contribution in [2.75, 3.05) is 5.32 Å². The number of esters is 1. The molecule has 0 heterocycles. The molecule has 1 N–H and O–H groups in total. The molecule has 21 heavy (non-hydrogen) atoms. The lowest BCUT2D eigenvalue weighted by Crippen LogP contribution is -2.11. The summed E-state index contributed by atoms with van der Waals surface area (Å²) in [6, 6.07) is 13.7. The first-order chi connectivity index (χ1) is 10.0. The molecule has 0 atom stereocenters. The van der Waals surface area contributed by atoms with Crippen molar-refractivity contribution in [2.45, 2.75) is 13.3 Å². The van der Waals surface area contributed by atoms with E-state index < -0.39 is 0 Å². The van der Waals surface area contributed by atoms with Crippen LogP contribution in [0.1, 0.15) is 12.5 Å². The molecule has 0 fully saturated rings. The number of amides is 1. The lowest BCUT2D eigenvalue weighted by atomic mass is 10.1. The minimum Gasteiger partial charge on any atom is -0.426 e. The van der Waals surface area contributed by atoms with Crippen molar-refractivity contribution in [3.8, 4) is 5.75 Å². The molecule has 0 saturated carbocycles. The molecule has 108 valence electrons. The number of hydrogen-bond acceptors (Lipinski definition) is 3. The highest BCUT2D eigenvalue weighted by molar-refractivity contribution is 6.30. The van der Waals surface area contributed by atoms with Crippen molar-refractivity contribution in [3.05, 3.63) is 59.1 Å². The van der Waals surface area contributed by atoms with E-state index in [4.69, 9.17) is 16.3 Å². The molecule has 5 heteroatoms. The summed E-state index contributed by atoms with van der Waals surface area (Å²) >= 11 is 5.79. The number of nitrogens with one attached hydrogen (secondary N) is 1. The standard InChI is InChI=1S/C16H14ClNO3/c1-11(19)18-14-3-2-4-15(10-14)21-16(20)9-12-5-7-13(17)8-6-12/h2-8,10H,9H2,1H3,(H,18,19). The predicted molar refractivity (Wildman–Crippen MR) is 81.5 cm³/mol. The number of hydrogen-bond donors (Lipinski definition) is 1. The monoisotopic (exact) mass is 303 g/mol. The van der Waals surface area contributed by atoms with Crippen LogP contribution in [0.5, 0.6) is 5.75 Å². The first kappa shape index (κ1) is 15.1. The maximum atomic E-state index is 11.9. The molecule has 0 spiro atoms. The Morgan fingerprint density at radius 1 is 1.14 bits per heavy atom. The fourth-order valence-electron chi connectivity index (χ4n) is 1.78. The highest BCUT2D eigenvalue weighted by Gasteiger charge is 2.07. The highest BCUT2D eigenvalue weighted by atomic mass is 35.5. The lowest BCUT2D eigenvalue weighted by molar-refractivity contribution is -0.133. The second-order valence-electron chi connectivity index (χ2n) is 4.49. The molecule has 0 radical (unpaired) electrons. The molecule has 0 aliphatic heterocycles. The van der Waals surface area contributed by atoms with Crippen molar-refractivity contribution in [1.29, 1.82) is 0 Å². The van der Waals surface area contributed by atoms with E-state index in [2.05, 4.69) is 5.32 Å². The molecule has 4 nitrogen and oxygen atoms in total. The molecule has 2 aromatic rings. The van der Waals surface area contributed by atoms with Crippen molar-refractivity contribution in [1.82, 2.24) is 0 Å². The van der Waals surface area contributed by atoms with Crippen LogP contribution in [0.25, 0.3) is 0 Å². The smallest absolute Gasteiger partial charge is 0.315 e. The number of rotatable bonds is 4. The minimum absolute atomic E-state index is 0.154. The summed E-state index contributed by atoms with van der Waals surface area (Å²) in [5.74, 6) is -0.169. The van der Waals surface area contributed by atoms with Gasteiger partial charge in [0.05, 0.1) is 6.42 Å². The number of benzene rings is 2. The van der Waals surface area contributed by atoms with Gasteiger partial charge in [-0.25, -0.2) is 0 Å². The Balaban J connectivity index is 1.99. The summed E-state index contributed by atoms with van der Waals surface area (Å²) in [6.07, 6.45) is 0.154. The summed E-state index contributed by atoms with van der Waals surface area (Å²) in [4.78, 5) is 22.8. The molecule has 2 aromatic carbocycles. The first-order valence-electron chi connectivity index (χ1n) is 6.36. The Morgan fingerprint density at radius 3 is 2.52 bits per heavy atom. The van der Waals surface area contributed by atoms with E-state index in [9.17, 15) is 9.59 Å². The van der Waals surface area contributed by atoms with E-state index in [-0.39, 0.29) is 18.3 Å². The summed E-state index contributed by atoms with van der Waals surface area (Å²) in [6.45, 7) is 1.42. The van der Waals surface area contributed by atoms with E-state index >= 15 is 0 Å². The van der Waals surface area contributed by atoms with E-state index in [1.807, 2.05) is 0 Å². The van der Waals surface area contributed by atoms with Crippen molar-refractivity contribution in [2.24, 2.45) is 0 Å². The number of anilines is 1. The van der Waals surface area contributed by atoms with Gasteiger partial charge in [-0.1, -0.05) is 29.8 Å². The average Bonchev–Trinajstić information content (AvgIpc) is 2.41. The summed E-state index contributed by atoms with van der Waals surface area (Å²) < 4.78 is 5.25. The van der Waals surface area contributed by atoms with Crippen LogP contribution in [0.2, 0.25) is 5.02 Å². The summed E-state index contributed by atoms with van der Waals surface area (Å²) in [7, 11) is 0. The number of halogens is 1. The third-order valence-electron chi connectivity index (χ3n) is 2.65. The molecule has 2 rings (SSSR count). The van der Waals surface area contributed by atoms with Crippen molar-refractivity contribution in [3.63, 3.8) is 0 Å². The number of carbonyl (C=O) groups excluding carboxylic acids is 2. The Labute approximate surface area is 127 Å². The molecule has 1 amide bonds. The number of ether oxygens (including phenoxy) is 1. The minimum atomic E-state index is -0.378. The largest absolute Gasteiger partial charge is 0.426 e. The highest BCUT2D eigenvalue weighted by Crippen LogP contribution is 2.18. The Bertz CT molecular complexity index is 653. The second kappa shape index (κ2) is 6.90. The van der Waals surface area contributed by atoms with Gasteiger partial charge in [0, 0.05) is 23.7 Å². The molecule has 0 aliphatic carbocycles. The van der Waals surface area contributed by atoms with E-state index in [0.717, 1.165) is 5.56 Å². The molecular weight excluding hydrogens is 290 g/mol. The van der Waals surface area contributed by atoms with E-state index in [0.29, 0.717) is 16.5 Å². The van der Waals surface area contributed by atoms with Gasteiger partial charge in [0.1, 0.15) is 5.75 Å². The fourth-order valence-corrected chi connectivity index (χ4v) is 1.90. The van der Waals surface area contributed by atoms with Gasteiger partial charge >= 0.3 is 5.97 Å². The van der Waals surface area contributed by atoms with Gasteiger partial charge < -0.3 is 10.1 Å². The molecule has 0 aromatic heterocycles. The van der Waals surface area contributed by atoms with E-state index in [1.54, 1.807) is 48.5 Å². The maximum absolute atomic E-state index is 11.9. The van der Waals surface area contributed by atoms with E-state index in [1.165, 1.54) is 6.92 Å². The Kier molecular flexibility index (Phi) is 4.95. The van der Waals surface area contributed by atoms with Crippen LogP contribution in [0.15, 0.2) is 48.5 Å². The van der Waals surface area contributed by atoms with Crippen LogP contribution in [0.3, 0.4) is 0 Å². The van der Waals surface area contributed by atoms with Crippen LogP contribution in [0, 0.1) is 0 Å². The average molecular weight is 304 g/mol. The Hall–Kier alpha value is -2.33. The second-order valence-corrected chi connectivity index (χ2v) is 4.92. The quantitative estimate of drug-likeness (QED) is 0.695. The topological polar surface area (TPSA) is 55.4 Å². The van der Waals surface area contributed by atoms with Crippen LogP contribution in [-0.4, -0.2) is 11.9 Å². The van der Waals surface area contributed by atoms with Gasteiger partial charge in [0.2, 0.25) is 5.91 Å².